The summed E-state index contributed by atoms with van der Waals surface area (Å²) in [4.78, 5) is 7.13. The third-order valence-corrected chi connectivity index (χ3v) is 5.39. The van der Waals surface area contributed by atoms with E-state index in [0.29, 0.717) is 5.56 Å². The van der Waals surface area contributed by atoms with Crippen molar-refractivity contribution in [3.63, 3.8) is 0 Å². The number of rotatable bonds is 1. The van der Waals surface area contributed by atoms with Crippen LogP contribution in [0.15, 0.2) is 48.5 Å². The van der Waals surface area contributed by atoms with Crippen molar-refractivity contribution in [1.82, 2.24) is 9.38 Å². The molecule has 0 aliphatic carbocycles. The summed E-state index contributed by atoms with van der Waals surface area (Å²) in [5, 5.41) is 9.77. The fourth-order valence-corrected chi connectivity index (χ4v) is 4.05. The van der Waals surface area contributed by atoms with Gasteiger partial charge < -0.3 is 4.90 Å². The van der Waals surface area contributed by atoms with Gasteiger partial charge >= 0.3 is 0 Å². The molecule has 4 heteroatoms. The monoisotopic (exact) mass is 338 g/mol. The molecule has 0 bridgehead atoms. The fraction of sp³-hybridized carbons (Fsp3) is 0.182. The van der Waals surface area contributed by atoms with Crippen LogP contribution in [-0.4, -0.2) is 15.9 Å². The molecule has 4 aromatic rings. The van der Waals surface area contributed by atoms with Gasteiger partial charge in [-0.25, -0.2) is 4.98 Å². The first-order chi connectivity index (χ1) is 12.7. The Morgan fingerprint density at radius 3 is 2.58 bits per heavy atom. The van der Waals surface area contributed by atoms with E-state index in [-0.39, 0.29) is 0 Å². The van der Waals surface area contributed by atoms with Crippen LogP contribution in [0.1, 0.15) is 22.3 Å². The Balaban J connectivity index is 1.91. The number of hydrogen-bond donors (Lipinski definition) is 0. The van der Waals surface area contributed by atoms with Crippen LogP contribution in [0, 0.1) is 25.2 Å². The zero-order valence-electron chi connectivity index (χ0n) is 14.8. The largest absolute Gasteiger partial charge is 0.327 e. The molecule has 2 aromatic heterocycles. The van der Waals surface area contributed by atoms with Crippen molar-refractivity contribution in [2.24, 2.45) is 0 Å². The molecule has 1 aliphatic rings. The summed E-state index contributed by atoms with van der Waals surface area (Å²) in [5.41, 5.74) is 8.15. The lowest BCUT2D eigenvalue weighted by Gasteiger charge is -2.22. The van der Waals surface area contributed by atoms with Crippen molar-refractivity contribution in [2.45, 2.75) is 20.3 Å². The van der Waals surface area contributed by atoms with E-state index in [4.69, 9.17) is 4.98 Å². The number of aryl methyl sites for hydroxylation is 1. The highest BCUT2D eigenvalue weighted by Gasteiger charge is 2.29. The molecule has 0 saturated carbocycles. The molecule has 0 N–H and O–H groups in total. The van der Waals surface area contributed by atoms with Crippen LogP contribution < -0.4 is 4.90 Å². The van der Waals surface area contributed by atoms with Gasteiger partial charge in [0.05, 0.1) is 16.6 Å². The number of anilines is 2. The van der Waals surface area contributed by atoms with Crippen molar-refractivity contribution >= 4 is 28.2 Å². The molecule has 5 rings (SSSR count). The average molecular weight is 338 g/mol. The van der Waals surface area contributed by atoms with Gasteiger partial charge in [-0.1, -0.05) is 29.8 Å². The third-order valence-electron chi connectivity index (χ3n) is 5.39. The maximum Gasteiger partial charge on any atom is 0.157 e. The maximum absolute atomic E-state index is 9.77. The van der Waals surface area contributed by atoms with E-state index in [0.717, 1.165) is 41.0 Å². The molecule has 0 amide bonds. The summed E-state index contributed by atoms with van der Waals surface area (Å²) in [6, 6.07) is 19.1. The number of nitrogens with zero attached hydrogens (tertiary/aromatic N) is 4. The Bertz CT molecular complexity index is 1210. The van der Waals surface area contributed by atoms with Gasteiger partial charge in [-0.15, -0.1) is 0 Å². The number of para-hydroxylation sites is 2. The first-order valence-electron chi connectivity index (χ1n) is 8.86. The van der Waals surface area contributed by atoms with Crippen molar-refractivity contribution < 1.29 is 0 Å². The first-order valence-corrected chi connectivity index (χ1v) is 8.86. The number of benzene rings is 2. The Hall–Kier alpha value is -3.32. The molecular weight excluding hydrogens is 320 g/mol. The highest BCUT2D eigenvalue weighted by molar-refractivity contribution is 5.88. The average Bonchev–Trinajstić information content (AvgIpc) is 3.24. The SMILES string of the molecule is Cc1ccc(N2CCc3c(C)c(C#N)c4nc5ccccc5n4c32)cc1. The molecule has 0 radical (unpaired) electrons. The third kappa shape index (κ3) is 1.91. The number of pyridine rings is 1. The summed E-state index contributed by atoms with van der Waals surface area (Å²) < 4.78 is 2.17. The van der Waals surface area contributed by atoms with Crippen LogP contribution in [0.3, 0.4) is 0 Å². The molecule has 0 spiro atoms. The number of imidazole rings is 1. The van der Waals surface area contributed by atoms with Crippen LogP contribution in [-0.2, 0) is 6.42 Å². The Morgan fingerprint density at radius 1 is 1.04 bits per heavy atom. The lowest BCUT2D eigenvalue weighted by Crippen LogP contribution is -2.16. The lowest BCUT2D eigenvalue weighted by atomic mass is 10.0. The normalized spacial score (nSPS) is 13.3. The van der Waals surface area contributed by atoms with Crippen LogP contribution >= 0.6 is 0 Å². The summed E-state index contributed by atoms with van der Waals surface area (Å²) in [6.07, 6.45) is 0.937. The van der Waals surface area contributed by atoms with Crippen LogP contribution in [0.25, 0.3) is 16.7 Å². The Kier molecular flexibility index (Phi) is 3.07. The van der Waals surface area contributed by atoms with Crippen LogP contribution in [0.5, 0.6) is 0 Å². The van der Waals surface area contributed by atoms with E-state index in [2.05, 4.69) is 59.5 Å². The molecule has 0 atom stereocenters. The van der Waals surface area contributed by atoms with Gasteiger partial charge in [0.2, 0.25) is 0 Å². The predicted molar refractivity (Wildman–Crippen MR) is 104 cm³/mol. The van der Waals surface area contributed by atoms with Gasteiger partial charge in [0, 0.05) is 12.2 Å². The van der Waals surface area contributed by atoms with Crippen LogP contribution in [0.2, 0.25) is 0 Å². The van der Waals surface area contributed by atoms with E-state index in [1.54, 1.807) is 0 Å². The molecular formula is C22H18N4. The fourth-order valence-electron chi connectivity index (χ4n) is 4.05. The van der Waals surface area contributed by atoms with Crippen molar-refractivity contribution in [1.29, 1.82) is 5.26 Å². The molecule has 0 saturated heterocycles. The summed E-state index contributed by atoms with van der Waals surface area (Å²) >= 11 is 0. The number of hydrogen-bond acceptors (Lipinski definition) is 3. The van der Waals surface area contributed by atoms with E-state index in [9.17, 15) is 5.26 Å². The van der Waals surface area contributed by atoms with Crippen LogP contribution in [0.4, 0.5) is 11.5 Å². The first kappa shape index (κ1) is 15.0. The second-order valence-corrected chi connectivity index (χ2v) is 6.91. The minimum absolute atomic E-state index is 0.686. The number of aromatic nitrogens is 2. The highest BCUT2D eigenvalue weighted by Crippen LogP contribution is 2.40. The quantitative estimate of drug-likeness (QED) is 0.506. The van der Waals surface area contributed by atoms with Gasteiger partial charge in [-0.05, 0) is 55.7 Å². The summed E-state index contributed by atoms with van der Waals surface area (Å²) in [5.74, 6) is 1.15. The maximum atomic E-state index is 9.77. The topological polar surface area (TPSA) is 44.3 Å². The van der Waals surface area contributed by atoms with E-state index < -0.39 is 0 Å². The summed E-state index contributed by atoms with van der Waals surface area (Å²) in [6.45, 7) is 5.07. The Morgan fingerprint density at radius 2 is 1.81 bits per heavy atom. The van der Waals surface area contributed by atoms with Gasteiger partial charge in [-0.3, -0.25) is 4.40 Å². The molecule has 126 valence electrons. The zero-order valence-corrected chi connectivity index (χ0v) is 14.8. The molecule has 2 aromatic carbocycles. The number of fused-ring (bicyclic) bond motifs is 5. The minimum Gasteiger partial charge on any atom is -0.327 e. The van der Waals surface area contributed by atoms with E-state index in [1.165, 1.54) is 16.8 Å². The minimum atomic E-state index is 0.686. The predicted octanol–water partition coefficient (Wildman–Crippen LogP) is 4.67. The lowest BCUT2D eigenvalue weighted by molar-refractivity contribution is 0.983. The molecule has 0 unspecified atom stereocenters. The second kappa shape index (κ2) is 5.34. The van der Waals surface area contributed by atoms with Gasteiger partial charge in [0.25, 0.3) is 0 Å². The highest BCUT2D eigenvalue weighted by atomic mass is 15.3. The molecule has 4 nitrogen and oxygen atoms in total. The summed E-state index contributed by atoms with van der Waals surface area (Å²) in [7, 11) is 0. The Labute approximate surface area is 151 Å². The smallest absolute Gasteiger partial charge is 0.157 e. The molecule has 26 heavy (non-hydrogen) atoms. The molecule has 3 heterocycles. The van der Waals surface area contributed by atoms with Gasteiger partial charge in [0.15, 0.2) is 5.65 Å². The number of nitriles is 1. The van der Waals surface area contributed by atoms with E-state index >= 15 is 0 Å². The van der Waals surface area contributed by atoms with Gasteiger partial charge in [-0.2, -0.15) is 5.26 Å². The molecule has 0 fully saturated rings. The van der Waals surface area contributed by atoms with Crippen molar-refractivity contribution in [3.8, 4) is 6.07 Å². The molecule has 1 aliphatic heterocycles. The van der Waals surface area contributed by atoms with Gasteiger partial charge in [0.1, 0.15) is 11.9 Å². The van der Waals surface area contributed by atoms with E-state index in [1.807, 2.05) is 18.2 Å². The van der Waals surface area contributed by atoms with Crippen molar-refractivity contribution in [2.75, 3.05) is 11.4 Å². The standard InChI is InChI=1S/C22H18N4/c1-14-7-9-16(10-8-14)25-12-11-17-15(2)18(13-23)21-24-19-5-3-4-6-20(19)26(21)22(17)25/h3-10H,11-12H2,1-2H3. The second-order valence-electron chi connectivity index (χ2n) is 6.91. The zero-order chi connectivity index (χ0) is 17.8. The van der Waals surface area contributed by atoms with Crippen molar-refractivity contribution in [3.05, 3.63) is 70.8 Å².